The predicted molar refractivity (Wildman–Crippen MR) is 151 cm³/mol. The molecule has 3 heterocycles. The van der Waals surface area contributed by atoms with Crippen molar-refractivity contribution in [2.45, 2.75) is 64.4 Å². The fourth-order valence-electron chi connectivity index (χ4n) is 5.58. The number of aliphatic hydroxyl groups excluding tert-OH is 1. The zero-order valence-electron chi connectivity index (χ0n) is 23.8. The van der Waals surface area contributed by atoms with Crippen molar-refractivity contribution < 1.29 is 28.9 Å². The molecule has 2 amide bonds. The molecule has 1 fully saturated rings. The van der Waals surface area contributed by atoms with E-state index in [9.17, 15) is 14.7 Å². The topological polar surface area (TPSA) is 91.8 Å². The molecule has 0 unspecified atom stereocenters. The third-order valence-corrected chi connectivity index (χ3v) is 7.60. The second-order valence-electron chi connectivity index (χ2n) is 11.9. The maximum atomic E-state index is 13.4. The van der Waals surface area contributed by atoms with Crippen LogP contribution in [0.5, 0.6) is 11.5 Å². The predicted octanol–water partition coefficient (Wildman–Crippen LogP) is 3.72. The minimum Gasteiger partial charge on any atom is -0.491 e. The lowest BCUT2D eigenvalue weighted by Crippen LogP contribution is -2.44. The molecule has 0 bridgehead atoms. The summed E-state index contributed by atoms with van der Waals surface area (Å²) in [6, 6.07) is 13.8. The molecule has 2 aromatic carbocycles. The molecule has 1 saturated heterocycles. The first-order chi connectivity index (χ1) is 19.1. The SMILES string of the molecule is CC(C)(C)OC(=O)N1CCC(Oc2ccc3c(c2)OCCN(C[C@H](O)CN2CCc4ccccc4C2)C3=O)CC1. The van der Waals surface area contributed by atoms with Crippen LogP contribution < -0.4 is 9.47 Å². The molecule has 0 radical (unpaired) electrons. The number of rotatable bonds is 6. The molecule has 9 nitrogen and oxygen atoms in total. The highest BCUT2D eigenvalue weighted by molar-refractivity contribution is 5.97. The van der Waals surface area contributed by atoms with E-state index in [4.69, 9.17) is 14.2 Å². The smallest absolute Gasteiger partial charge is 0.410 e. The van der Waals surface area contributed by atoms with Gasteiger partial charge >= 0.3 is 6.09 Å². The summed E-state index contributed by atoms with van der Waals surface area (Å²) in [5, 5.41) is 10.9. The number of piperidine rings is 1. The molecular formula is C31H41N3O6. The molecule has 0 saturated carbocycles. The minimum atomic E-state index is -0.648. The van der Waals surface area contributed by atoms with Crippen LogP contribution in [0.25, 0.3) is 0 Å². The zero-order chi connectivity index (χ0) is 28.3. The van der Waals surface area contributed by atoms with Gasteiger partial charge in [-0.1, -0.05) is 24.3 Å². The van der Waals surface area contributed by atoms with E-state index in [1.807, 2.05) is 20.8 Å². The highest BCUT2D eigenvalue weighted by atomic mass is 16.6. The Morgan fingerprint density at radius 3 is 2.55 bits per heavy atom. The Morgan fingerprint density at radius 1 is 1.05 bits per heavy atom. The van der Waals surface area contributed by atoms with Gasteiger partial charge in [-0.3, -0.25) is 9.69 Å². The van der Waals surface area contributed by atoms with E-state index >= 15 is 0 Å². The largest absolute Gasteiger partial charge is 0.491 e. The van der Waals surface area contributed by atoms with Crippen molar-refractivity contribution >= 4 is 12.0 Å². The molecule has 0 aliphatic carbocycles. The van der Waals surface area contributed by atoms with Crippen molar-refractivity contribution in [2.75, 3.05) is 45.9 Å². The van der Waals surface area contributed by atoms with E-state index in [0.717, 1.165) is 19.5 Å². The number of β-amino-alcohol motifs (C(OH)–C–C–N with tert-alkyl or cyclic N) is 1. The quantitative estimate of drug-likeness (QED) is 0.585. The van der Waals surface area contributed by atoms with Crippen LogP contribution in [0.3, 0.4) is 0 Å². The Morgan fingerprint density at radius 2 is 1.80 bits per heavy atom. The summed E-state index contributed by atoms with van der Waals surface area (Å²) >= 11 is 0. The first-order valence-corrected chi connectivity index (χ1v) is 14.3. The molecule has 3 aliphatic heterocycles. The van der Waals surface area contributed by atoms with Gasteiger partial charge in [-0.15, -0.1) is 0 Å². The maximum Gasteiger partial charge on any atom is 0.410 e. The fourth-order valence-corrected chi connectivity index (χ4v) is 5.58. The number of benzene rings is 2. The van der Waals surface area contributed by atoms with Crippen LogP contribution in [0, 0.1) is 0 Å². The minimum absolute atomic E-state index is 0.0355. The summed E-state index contributed by atoms with van der Waals surface area (Å²) < 4.78 is 17.6. The highest BCUT2D eigenvalue weighted by Crippen LogP contribution is 2.30. The number of fused-ring (bicyclic) bond motifs is 2. The van der Waals surface area contributed by atoms with Crippen molar-refractivity contribution in [3.05, 3.63) is 59.2 Å². The Balaban J connectivity index is 1.13. The molecular weight excluding hydrogens is 510 g/mol. The summed E-state index contributed by atoms with van der Waals surface area (Å²) in [5.41, 5.74) is 2.64. The monoisotopic (exact) mass is 551 g/mol. The van der Waals surface area contributed by atoms with E-state index in [-0.39, 0.29) is 24.6 Å². The van der Waals surface area contributed by atoms with Crippen molar-refractivity contribution in [3.63, 3.8) is 0 Å². The fraction of sp³-hybridized carbons (Fsp3) is 0.548. The second-order valence-corrected chi connectivity index (χ2v) is 11.9. The summed E-state index contributed by atoms with van der Waals surface area (Å²) in [5.74, 6) is 0.993. The number of ether oxygens (including phenoxy) is 3. The van der Waals surface area contributed by atoms with Crippen LogP contribution in [0.4, 0.5) is 4.79 Å². The standard InChI is InChI=1S/C31H41N3O6/c1-31(2,3)40-30(37)33-14-11-25(12-15-33)39-26-8-9-27-28(18-26)38-17-16-34(29(27)36)21-24(35)20-32-13-10-22-6-4-5-7-23(22)19-32/h4-9,18,24-25,35H,10-17,19-21H2,1-3H3/t24-/m1/s1. The summed E-state index contributed by atoms with van der Waals surface area (Å²) in [7, 11) is 0. The molecule has 40 heavy (non-hydrogen) atoms. The van der Waals surface area contributed by atoms with Crippen molar-refractivity contribution in [1.82, 2.24) is 14.7 Å². The van der Waals surface area contributed by atoms with Crippen LogP contribution in [0.1, 0.15) is 55.1 Å². The number of carbonyl (C=O) groups is 2. The van der Waals surface area contributed by atoms with Crippen LogP contribution >= 0.6 is 0 Å². The lowest BCUT2D eigenvalue weighted by Gasteiger charge is -2.33. The molecule has 216 valence electrons. The Bertz CT molecular complexity index is 1200. The third-order valence-electron chi connectivity index (χ3n) is 7.60. The van der Waals surface area contributed by atoms with E-state index in [2.05, 4.69) is 29.2 Å². The van der Waals surface area contributed by atoms with Crippen molar-refractivity contribution in [1.29, 1.82) is 0 Å². The van der Waals surface area contributed by atoms with Gasteiger partial charge in [0, 0.05) is 58.2 Å². The molecule has 0 aromatic heterocycles. The average molecular weight is 552 g/mol. The summed E-state index contributed by atoms with van der Waals surface area (Å²) in [6.07, 6.45) is 1.39. The zero-order valence-corrected chi connectivity index (χ0v) is 23.8. The van der Waals surface area contributed by atoms with E-state index in [0.29, 0.717) is 62.7 Å². The van der Waals surface area contributed by atoms with E-state index < -0.39 is 11.7 Å². The Kier molecular flexibility index (Phi) is 8.51. The van der Waals surface area contributed by atoms with Gasteiger partial charge in [-0.25, -0.2) is 4.79 Å². The number of hydrogen-bond donors (Lipinski definition) is 1. The summed E-state index contributed by atoms with van der Waals surface area (Å²) in [6.45, 7) is 9.98. The van der Waals surface area contributed by atoms with Gasteiger partial charge < -0.3 is 29.1 Å². The number of likely N-dealkylation sites (tertiary alicyclic amines) is 1. The lowest BCUT2D eigenvalue weighted by atomic mass is 10.00. The molecule has 1 atom stereocenters. The van der Waals surface area contributed by atoms with Gasteiger partial charge in [0.1, 0.15) is 29.8 Å². The van der Waals surface area contributed by atoms with Crippen LogP contribution in [0.15, 0.2) is 42.5 Å². The third kappa shape index (κ3) is 7.06. The number of aliphatic hydroxyl groups is 1. The number of hydrogen-bond acceptors (Lipinski definition) is 7. The van der Waals surface area contributed by atoms with E-state index in [1.165, 1.54) is 11.1 Å². The van der Waals surface area contributed by atoms with Crippen LogP contribution in [0.2, 0.25) is 0 Å². The van der Waals surface area contributed by atoms with Gasteiger partial charge in [0.05, 0.1) is 18.2 Å². The van der Waals surface area contributed by atoms with Gasteiger partial charge in [0.25, 0.3) is 5.91 Å². The first kappa shape index (κ1) is 28.2. The maximum absolute atomic E-state index is 13.4. The average Bonchev–Trinajstić information content (AvgIpc) is 3.06. The van der Waals surface area contributed by atoms with Gasteiger partial charge in [-0.2, -0.15) is 0 Å². The highest BCUT2D eigenvalue weighted by Gasteiger charge is 2.30. The van der Waals surface area contributed by atoms with Crippen molar-refractivity contribution in [2.24, 2.45) is 0 Å². The number of nitrogens with zero attached hydrogens (tertiary/aromatic N) is 3. The van der Waals surface area contributed by atoms with Crippen LogP contribution in [-0.2, 0) is 17.7 Å². The lowest BCUT2D eigenvalue weighted by molar-refractivity contribution is 0.0126. The van der Waals surface area contributed by atoms with E-state index in [1.54, 1.807) is 28.0 Å². The van der Waals surface area contributed by atoms with Gasteiger partial charge in [0.2, 0.25) is 0 Å². The first-order valence-electron chi connectivity index (χ1n) is 14.3. The number of carbonyl (C=O) groups excluding carboxylic acids is 2. The van der Waals surface area contributed by atoms with Gasteiger partial charge in [0.15, 0.2) is 0 Å². The normalized spacial score (nSPS) is 19.2. The van der Waals surface area contributed by atoms with Gasteiger partial charge in [-0.05, 0) is 50.5 Å². The van der Waals surface area contributed by atoms with Crippen molar-refractivity contribution in [3.8, 4) is 11.5 Å². The summed E-state index contributed by atoms with van der Waals surface area (Å²) in [4.78, 5) is 31.3. The molecule has 2 aromatic rings. The Hall–Kier alpha value is -3.30. The molecule has 9 heteroatoms. The molecule has 1 N–H and O–H groups in total. The molecule has 0 spiro atoms. The second kappa shape index (κ2) is 12.1. The Labute approximate surface area is 236 Å². The molecule has 3 aliphatic rings. The molecule has 5 rings (SSSR count). The number of amides is 2. The van der Waals surface area contributed by atoms with Crippen LogP contribution in [-0.4, -0.2) is 95.5 Å².